The molecular formula is C21H26N2. The van der Waals surface area contributed by atoms with Crippen molar-refractivity contribution in [2.24, 2.45) is 0 Å². The van der Waals surface area contributed by atoms with Gasteiger partial charge in [-0.1, -0.05) is 48.5 Å². The summed E-state index contributed by atoms with van der Waals surface area (Å²) in [6.45, 7) is 6.08. The average Bonchev–Trinajstić information content (AvgIpc) is 3.20. The molecule has 2 atom stereocenters. The summed E-state index contributed by atoms with van der Waals surface area (Å²) in [5.41, 5.74) is 4.31. The Morgan fingerprint density at radius 2 is 1.70 bits per heavy atom. The second-order valence-corrected chi connectivity index (χ2v) is 7.05. The third-order valence-corrected chi connectivity index (χ3v) is 5.83. The SMILES string of the molecule is CC1Nc2ccccc2C1(CCN1CCCC1)c1ccccc1. The second kappa shape index (κ2) is 6.01. The lowest BCUT2D eigenvalue weighted by atomic mass is 9.69. The minimum Gasteiger partial charge on any atom is -0.381 e. The maximum Gasteiger partial charge on any atom is 0.0433 e. The van der Waals surface area contributed by atoms with Gasteiger partial charge in [0.05, 0.1) is 0 Å². The summed E-state index contributed by atoms with van der Waals surface area (Å²) in [5, 5.41) is 3.74. The maximum atomic E-state index is 3.74. The van der Waals surface area contributed by atoms with Crippen LogP contribution >= 0.6 is 0 Å². The van der Waals surface area contributed by atoms with E-state index in [1.54, 1.807) is 0 Å². The standard InChI is InChI=1S/C21H26N2/c1-17-21(18-9-3-2-4-10-18,13-16-23-14-7-8-15-23)19-11-5-6-12-20(19)22-17/h2-6,9-12,17,22H,7-8,13-16H2,1H3. The van der Waals surface area contributed by atoms with E-state index in [1.165, 1.54) is 55.7 Å². The first-order chi connectivity index (χ1) is 11.3. The summed E-state index contributed by atoms with van der Waals surface area (Å²) in [4.78, 5) is 2.64. The van der Waals surface area contributed by atoms with Crippen molar-refractivity contribution in [1.29, 1.82) is 0 Å². The number of likely N-dealkylation sites (tertiary alicyclic amines) is 1. The lowest BCUT2D eigenvalue weighted by molar-refractivity contribution is 0.291. The Morgan fingerprint density at radius 3 is 2.48 bits per heavy atom. The largest absolute Gasteiger partial charge is 0.381 e. The molecule has 0 bridgehead atoms. The maximum absolute atomic E-state index is 3.74. The number of nitrogens with one attached hydrogen (secondary N) is 1. The van der Waals surface area contributed by atoms with Crippen molar-refractivity contribution in [2.45, 2.75) is 37.6 Å². The first kappa shape index (κ1) is 14.8. The average molecular weight is 306 g/mol. The fourth-order valence-electron chi connectivity index (χ4n) is 4.56. The zero-order chi connectivity index (χ0) is 15.7. The van der Waals surface area contributed by atoms with Crippen LogP contribution in [0.1, 0.15) is 37.3 Å². The molecule has 2 nitrogen and oxygen atoms in total. The number of hydrogen-bond acceptors (Lipinski definition) is 2. The number of hydrogen-bond donors (Lipinski definition) is 1. The van der Waals surface area contributed by atoms with E-state index in [4.69, 9.17) is 0 Å². The van der Waals surface area contributed by atoms with Crippen LogP contribution in [0.3, 0.4) is 0 Å². The van der Waals surface area contributed by atoms with Gasteiger partial charge in [-0.05, 0) is 63.0 Å². The van der Waals surface area contributed by atoms with E-state index >= 15 is 0 Å². The highest BCUT2D eigenvalue weighted by atomic mass is 15.1. The summed E-state index contributed by atoms with van der Waals surface area (Å²) in [7, 11) is 0. The Bertz CT molecular complexity index is 661. The van der Waals surface area contributed by atoms with Gasteiger partial charge in [0.25, 0.3) is 0 Å². The van der Waals surface area contributed by atoms with E-state index in [0.29, 0.717) is 6.04 Å². The molecule has 1 fully saturated rings. The van der Waals surface area contributed by atoms with Gasteiger partial charge >= 0.3 is 0 Å². The first-order valence-electron chi connectivity index (χ1n) is 8.94. The molecule has 1 saturated heterocycles. The molecule has 0 radical (unpaired) electrons. The van der Waals surface area contributed by atoms with Crippen molar-refractivity contribution in [3.05, 3.63) is 65.7 Å². The van der Waals surface area contributed by atoms with Crippen molar-refractivity contribution in [3.63, 3.8) is 0 Å². The molecule has 2 aromatic carbocycles. The van der Waals surface area contributed by atoms with E-state index in [-0.39, 0.29) is 5.41 Å². The van der Waals surface area contributed by atoms with Crippen LogP contribution in [0.25, 0.3) is 0 Å². The van der Waals surface area contributed by atoms with Crippen molar-refractivity contribution < 1.29 is 0 Å². The molecule has 0 aliphatic carbocycles. The Hall–Kier alpha value is -1.80. The van der Waals surface area contributed by atoms with E-state index in [2.05, 4.69) is 71.7 Å². The predicted octanol–water partition coefficient (Wildman–Crippen LogP) is 4.27. The minimum atomic E-state index is 0.0838. The van der Waals surface area contributed by atoms with Crippen molar-refractivity contribution in [1.82, 2.24) is 4.90 Å². The number of para-hydroxylation sites is 1. The van der Waals surface area contributed by atoms with Crippen LogP contribution in [-0.2, 0) is 5.41 Å². The molecule has 4 rings (SSSR count). The van der Waals surface area contributed by atoms with Crippen LogP contribution in [0, 0.1) is 0 Å². The number of nitrogens with zero attached hydrogens (tertiary/aromatic N) is 1. The Balaban J connectivity index is 1.75. The Labute approximate surface area is 139 Å². The third kappa shape index (κ3) is 2.46. The summed E-state index contributed by atoms with van der Waals surface area (Å²) in [5.74, 6) is 0. The number of anilines is 1. The van der Waals surface area contributed by atoms with Crippen LogP contribution in [0.2, 0.25) is 0 Å². The third-order valence-electron chi connectivity index (χ3n) is 5.83. The van der Waals surface area contributed by atoms with Crippen molar-refractivity contribution >= 4 is 5.69 Å². The van der Waals surface area contributed by atoms with E-state index in [0.717, 1.165) is 0 Å². The fraction of sp³-hybridized carbons (Fsp3) is 0.429. The van der Waals surface area contributed by atoms with Crippen LogP contribution in [0.15, 0.2) is 54.6 Å². The number of fused-ring (bicyclic) bond motifs is 1. The molecule has 0 saturated carbocycles. The van der Waals surface area contributed by atoms with Gasteiger partial charge in [-0.3, -0.25) is 0 Å². The van der Waals surface area contributed by atoms with Gasteiger partial charge in [0.2, 0.25) is 0 Å². The van der Waals surface area contributed by atoms with Crippen molar-refractivity contribution in [2.75, 3.05) is 25.0 Å². The fourth-order valence-corrected chi connectivity index (χ4v) is 4.56. The molecule has 0 aromatic heterocycles. The van der Waals surface area contributed by atoms with Gasteiger partial charge in [-0.15, -0.1) is 0 Å². The van der Waals surface area contributed by atoms with Gasteiger partial charge in [0.15, 0.2) is 0 Å². The van der Waals surface area contributed by atoms with Crippen LogP contribution in [-0.4, -0.2) is 30.6 Å². The molecule has 0 spiro atoms. The quantitative estimate of drug-likeness (QED) is 0.907. The first-order valence-corrected chi connectivity index (χ1v) is 8.94. The van der Waals surface area contributed by atoms with Crippen LogP contribution in [0.5, 0.6) is 0 Å². The normalized spacial score (nSPS) is 26.9. The monoisotopic (exact) mass is 306 g/mol. The van der Waals surface area contributed by atoms with E-state index in [1.807, 2.05) is 0 Å². The highest BCUT2D eigenvalue weighted by Crippen LogP contribution is 2.48. The summed E-state index contributed by atoms with van der Waals surface area (Å²) >= 11 is 0. The molecule has 2 aromatic rings. The highest BCUT2D eigenvalue weighted by molar-refractivity contribution is 5.65. The Kier molecular flexibility index (Phi) is 3.86. The lowest BCUT2D eigenvalue weighted by Crippen LogP contribution is -2.41. The molecule has 2 heterocycles. The zero-order valence-corrected chi connectivity index (χ0v) is 14.0. The smallest absolute Gasteiger partial charge is 0.0433 e. The molecule has 2 heteroatoms. The van der Waals surface area contributed by atoms with Crippen molar-refractivity contribution in [3.8, 4) is 0 Å². The predicted molar refractivity (Wildman–Crippen MR) is 97.0 cm³/mol. The van der Waals surface area contributed by atoms with E-state index in [9.17, 15) is 0 Å². The Morgan fingerprint density at radius 1 is 1.00 bits per heavy atom. The zero-order valence-electron chi connectivity index (χ0n) is 14.0. The van der Waals surface area contributed by atoms with Crippen LogP contribution < -0.4 is 5.32 Å². The van der Waals surface area contributed by atoms with Crippen LogP contribution in [0.4, 0.5) is 5.69 Å². The molecule has 2 aliphatic rings. The van der Waals surface area contributed by atoms with Gasteiger partial charge in [0, 0.05) is 17.1 Å². The molecule has 120 valence electrons. The minimum absolute atomic E-state index is 0.0838. The molecule has 2 unspecified atom stereocenters. The summed E-state index contributed by atoms with van der Waals surface area (Å²) < 4.78 is 0. The lowest BCUT2D eigenvalue weighted by Gasteiger charge is -2.36. The van der Waals surface area contributed by atoms with E-state index < -0.39 is 0 Å². The molecule has 2 aliphatic heterocycles. The molecule has 23 heavy (non-hydrogen) atoms. The van der Waals surface area contributed by atoms with Gasteiger partial charge in [-0.25, -0.2) is 0 Å². The molecule has 0 amide bonds. The molecule has 1 N–H and O–H groups in total. The highest BCUT2D eigenvalue weighted by Gasteiger charge is 2.45. The van der Waals surface area contributed by atoms with Gasteiger partial charge < -0.3 is 10.2 Å². The number of rotatable bonds is 4. The van der Waals surface area contributed by atoms with Gasteiger partial charge in [0.1, 0.15) is 0 Å². The summed E-state index contributed by atoms with van der Waals surface area (Å²) in [6, 6.07) is 20.4. The molecular weight excluding hydrogens is 280 g/mol. The number of benzene rings is 2. The van der Waals surface area contributed by atoms with Gasteiger partial charge in [-0.2, -0.15) is 0 Å². The topological polar surface area (TPSA) is 15.3 Å². The summed E-state index contributed by atoms with van der Waals surface area (Å²) in [6.07, 6.45) is 3.91. The second-order valence-electron chi connectivity index (χ2n) is 7.05.